The monoisotopic (exact) mass is 442 g/mol. The van der Waals surface area contributed by atoms with Gasteiger partial charge in [0.25, 0.3) is 5.91 Å². The first-order chi connectivity index (χ1) is 14.6. The molecule has 0 saturated carbocycles. The Morgan fingerprint density at radius 2 is 1.71 bits per heavy atom. The molecule has 2 aromatic rings. The second-order valence-electron chi connectivity index (χ2n) is 7.62. The highest BCUT2D eigenvalue weighted by Gasteiger charge is 2.49. The lowest BCUT2D eigenvalue weighted by Gasteiger charge is -2.23. The van der Waals surface area contributed by atoms with Crippen molar-refractivity contribution >= 4 is 41.0 Å². The molecule has 1 aliphatic rings. The van der Waals surface area contributed by atoms with E-state index in [-0.39, 0.29) is 12.5 Å². The Morgan fingerprint density at radius 1 is 1.10 bits per heavy atom. The summed E-state index contributed by atoms with van der Waals surface area (Å²) in [6.07, 6.45) is 0. The lowest BCUT2D eigenvalue weighted by Crippen LogP contribution is -2.45. The summed E-state index contributed by atoms with van der Waals surface area (Å²) in [5.41, 5.74) is 0.924. The molecular formula is C22H23ClN4O4. The van der Waals surface area contributed by atoms with Gasteiger partial charge in [0.2, 0.25) is 11.8 Å². The van der Waals surface area contributed by atoms with E-state index in [1.807, 2.05) is 19.1 Å². The molecule has 0 radical (unpaired) electrons. The van der Waals surface area contributed by atoms with Crippen LogP contribution in [-0.2, 0) is 19.9 Å². The minimum atomic E-state index is -1.30. The van der Waals surface area contributed by atoms with Gasteiger partial charge in [-0.2, -0.15) is 0 Å². The third kappa shape index (κ3) is 4.86. The fraction of sp³-hybridized carbons (Fsp3) is 0.273. The van der Waals surface area contributed by atoms with E-state index >= 15 is 0 Å². The fourth-order valence-corrected chi connectivity index (χ4v) is 3.34. The number of halogens is 1. The minimum absolute atomic E-state index is 0.217. The number of amides is 5. The van der Waals surface area contributed by atoms with E-state index < -0.39 is 29.9 Å². The zero-order valence-corrected chi connectivity index (χ0v) is 18.2. The number of aryl methyl sites for hydroxylation is 1. The first-order valence-corrected chi connectivity index (χ1v) is 9.98. The van der Waals surface area contributed by atoms with Gasteiger partial charge in [-0.25, -0.2) is 4.79 Å². The van der Waals surface area contributed by atoms with Gasteiger partial charge < -0.3 is 15.5 Å². The third-order valence-corrected chi connectivity index (χ3v) is 5.38. The first-order valence-electron chi connectivity index (χ1n) is 9.61. The summed E-state index contributed by atoms with van der Waals surface area (Å²) < 4.78 is 0. The maximum Gasteiger partial charge on any atom is 0.325 e. The van der Waals surface area contributed by atoms with Crippen LogP contribution in [0, 0.1) is 6.92 Å². The van der Waals surface area contributed by atoms with Gasteiger partial charge in [0.1, 0.15) is 12.1 Å². The average molecular weight is 443 g/mol. The van der Waals surface area contributed by atoms with E-state index in [1.54, 1.807) is 43.3 Å². The number of nitrogens with zero attached hydrogens (tertiary/aromatic N) is 2. The summed E-state index contributed by atoms with van der Waals surface area (Å²) >= 11 is 5.90. The number of urea groups is 1. The normalized spacial score (nSPS) is 18.0. The van der Waals surface area contributed by atoms with Gasteiger partial charge in [0, 0.05) is 17.8 Å². The van der Waals surface area contributed by atoms with Crippen LogP contribution in [-0.4, -0.2) is 53.7 Å². The van der Waals surface area contributed by atoms with Crippen LogP contribution in [0.4, 0.5) is 10.5 Å². The smallest absolute Gasteiger partial charge is 0.325 e. The highest BCUT2D eigenvalue weighted by molar-refractivity contribution is 6.30. The summed E-state index contributed by atoms with van der Waals surface area (Å²) in [6, 6.07) is 13.1. The number of rotatable bonds is 6. The number of carbonyl (C=O) groups excluding carboxylic acids is 4. The Hall–Kier alpha value is -3.39. The number of carbonyl (C=O) groups is 4. The molecule has 0 bridgehead atoms. The molecule has 1 heterocycles. The fourth-order valence-electron chi connectivity index (χ4n) is 3.22. The third-order valence-electron chi connectivity index (χ3n) is 5.13. The molecule has 0 unspecified atom stereocenters. The van der Waals surface area contributed by atoms with Crippen molar-refractivity contribution in [3.63, 3.8) is 0 Å². The molecular weight excluding hydrogens is 420 g/mol. The average Bonchev–Trinajstić information content (AvgIpc) is 2.94. The predicted octanol–water partition coefficient (Wildman–Crippen LogP) is 2.51. The lowest BCUT2D eigenvalue weighted by molar-refractivity contribution is -0.139. The summed E-state index contributed by atoms with van der Waals surface area (Å²) in [5.74, 6) is -1.48. The maximum atomic E-state index is 12.9. The van der Waals surface area contributed by atoms with Gasteiger partial charge in [-0.3, -0.25) is 19.3 Å². The van der Waals surface area contributed by atoms with Crippen LogP contribution < -0.4 is 10.6 Å². The molecule has 5 amide bonds. The van der Waals surface area contributed by atoms with Crippen LogP contribution in [0.2, 0.25) is 5.02 Å². The van der Waals surface area contributed by atoms with Gasteiger partial charge in [-0.05, 0) is 43.7 Å². The molecule has 9 heteroatoms. The van der Waals surface area contributed by atoms with Gasteiger partial charge in [0.05, 0.1) is 6.54 Å². The molecule has 1 aliphatic heterocycles. The SMILES string of the molecule is Cc1ccc(NC(=O)CN(C)C(=O)CN2C(=O)N[C@](C)(c3ccc(Cl)cc3)C2=O)cc1. The quantitative estimate of drug-likeness (QED) is 0.671. The van der Waals surface area contributed by atoms with E-state index in [2.05, 4.69) is 10.6 Å². The maximum absolute atomic E-state index is 12.9. The molecule has 1 saturated heterocycles. The molecule has 2 N–H and O–H groups in total. The van der Waals surface area contributed by atoms with Crippen molar-refractivity contribution in [3.8, 4) is 0 Å². The number of nitrogens with one attached hydrogen (secondary N) is 2. The first kappa shape index (κ1) is 22.3. The lowest BCUT2D eigenvalue weighted by atomic mass is 9.92. The highest BCUT2D eigenvalue weighted by atomic mass is 35.5. The van der Waals surface area contributed by atoms with Crippen molar-refractivity contribution < 1.29 is 19.2 Å². The van der Waals surface area contributed by atoms with Crippen LogP contribution in [0.3, 0.4) is 0 Å². The molecule has 2 aromatic carbocycles. The molecule has 1 atom stereocenters. The van der Waals surface area contributed by atoms with E-state index in [1.165, 1.54) is 11.9 Å². The number of imide groups is 1. The Balaban J connectivity index is 1.61. The van der Waals surface area contributed by atoms with Crippen molar-refractivity contribution in [1.29, 1.82) is 0 Å². The number of hydrogen-bond acceptors (Lipinski definition) is 4. The molecule has 8 nitrogen and oxygen atoms in total. The van der Waals surface area contributed by atoms with E-state index in [4.69, 9.17) is 11.6 Å². The van der Waals surface area contributed by atoms with E-state index in [9.17, 15) is 19.2 Å². The largest absolute Gasteiger partial charge is 0.335 e. The molecule has 1 fully saturated rings. The molecule has 0 aliphatic carbocycles. The van der Waals surface area contributed by atoms with Crippen LogP contribution in [0.15, 0.2) is 48.5 Å². The summed E-state index contributed by atoms with van der Waals surface area (Å²) in [4.78, 5) is 52.1. The Morgan fingerprint density at radius 3 is 2.32 bits per heavy atom. The standard InChI is InChI=1S/C22H23ClN4O4/c1-14-4-10-17(11-5-14)24-18(28)12-26(3)19(29)13-27-20(30)22(2,25-21(27)31)15-6-8-16(23)9-7-15/h4-11H,12-13H2,1-3H3,(H,24,28)(H,25,31)/t22-/m1/s1. The van der Waals surface area contributed by atoms with Crippen molar-refractivity contribution in [2.75, 3.05) is 25.5 Å². The van der Waals surface area contributed by atoms with Crippen molar-refractivity contribution in [2.24, 2.45) is 0 Å². The van der Waals surface area contributed by atoms with Crippen LogP contribution in [0.5, 0.6) is 0 Å². The number of likely N-dealkylation sites (N-methyl/N-ethyl adjacent to an activating group) is 1. The zero-order chi connectivity index (χ0) is 22.8. The van der Waals surface area contributed by atoms with Gasteiger partial charge >= 0.3 is 6.03 Å². The molecule has 31 heavy (non-hydrogen) atoms. The molecule has 162 valence electrons. The Labute approximate surface area is 185 Å². The minimum Gasteiger partial charge on any atom is -0.335 e. The van der Waals surface area contributed by atoms with Gasteiger partial charge in [-0.1, -0.05) is 41.4 Å². The Kier molecular flexibility index (Phi) is 6.31. The summed E-state index contributed by atoms with van der Waals surface area (Å²) in [7, 11) is 1.44. The molecule has 0 aromatic heterocycles. The van der Waals surface area contributed by atoms with Crippen molar-refractivity contribution in [2.45, 2.75) is 19.4 Å². The van der Waals surface area contributed by atoms with Crippen LogP contribution in [0.25, 0.3) is 0 Å². The van der Waals surface area contributed by atoms with Crippen molar-refractivity contribution in [3.05, 3.63) is 64.7 Å². The van der Waals surface area contributed by atoms with Gasteiger partial charge in [0.15, 0.2) is 0 Å². The summed E-state index contributed by atoms with van der Waals surface area (Å²) in [6.45, 7) is 2.82. The molecule has 0 spiro atoms. The molecule has 3 rings (SSSR count). The van der Waals surface area contributed by atoms with Crippen LogP contribution >= 0.6 is 11.6 Å². The topological polar surface area (TPSA) is 98.8 Å². The van der Waals surface area contributed by atoms with Crippen molar-refractivity contribution in [1.82, 2.24) is 15.1 Å². The summed E-state index contributed by atoms with van der Waals surface area (Å²) in [5, 5.41) is 5.84. The predicted molar refractivity (Wildman–Crippen MR) is 116 cm³/mol. The second-order valence-corrected chi connectivity index (χ2v) is 8.05. The number of benzene rings is 2. The van der Waals surface area contributed by atoms with E-state index in [0.717, 1.165) is 10.5 Å². The van der Waals surface area contributed by atoms with Crippen LogP contribution in [0.1, 0.15) is 18.1 Å². The highest BCUT2D eigenvalue weighted by Crippen LogP contribution is 2.29. The van der Waals surface area contributed by atoms with Gasteiger partial charge in [-0.15, -0.1) is 0 Å². The Bertz CT molecular complexity index is 1020. The zero-order valence-electron chi connectivity index (χ0n) is 17.4. The number of hydrogen-bond donors (Lipinski definition) is 2. The van der Waals surface area contributed by atoms with E-state index in [0.29, 0.717) is 16.3 Å². The second kappa shape index (κ2) is 8.77. The number of anilines is 1.